The number of likely N-dealkylation sites (tertiary alicyclic amines) is 1. The number of rotatable bonds is 6. The smallest absolute Gasteiger partial charge is 0.295 e. The maximum absolute atomic E-state index is 13.4. The van der Waals surface area contributed by atoms with Crippen LogP contribution in [0.3, 0.4) is 0 Å². The van der Waals surface area contributed by atoms with Gasteiger partial charge in [-0.25, -0.2) is 0 Å². The van der Waals surface area contributed by atoms with Crippen LogP contribution in [-0.4, -0.2) is 33.8 Å². The van der Waals surface area contributed by atoms with Gasteiger partial charge in [-0.15, -0.1) is 0 Å². The van der Waals surface area contributed by atoms with E-state index in [1.807, 2.05) is 76.2 Å². The van der Waals surface area contributed by atoms with Gasteiger partial charge in [0.1, 0.15) is 11.5 Å². The second-order valence-corrected chi connectivity index (χ2v) is 9.20. The van der Waals surface area contributed by atoms with E-state index in [-0.39, 0.29) is 23.8 Å². The van der Waals surface area contributed by atoms with Crippen molar-refractivity contribution in [2.75, 3.05) is 7.11 Å². The molecule has 4 rings (SSSR count). The maximum Gasteiger partial charge on any atom is 0.295 e. The number of benzene rings is 2. The molecular formula is C29H30N2O4. The summed E-state index contributed by atoms with van der Waals surface area (Å²) in [6.07, 6.45) is 3.31. The lowest BCUT2D eigenvalue weighted by Gasteiger charge is -2.27. The summed E-state index contributed by atoms with van der Waals surface area (Å²) in [5.74, 6) is -0.630. The van der Waals surface area contributed by atoms with Crippen molar-refractivity contribution in [3.63, 3.8) is 0 Å². The number of Topliss-reactive ketones (excluding diaryl/α,β-unsaturated/α-hetero) is 1. The summed E-state index contributed by atoms with van der Waals surface area (Å²) in [4.78, 5) is 32.3. The van der Waals surface area contributed by atoms with E-state index in [4.69, 9.17) is 4.74 Å². The number of amides is 1. The van der Waals surface area contributed by atoms with Gasteiger partial charge < -0.3 is 14.7 Å². The number of ether oxygens (including phenoxy) is 1. The van der Waals surface area contributed by atoms with Gasteiger partial charge in [0.25, 0.3) is 11.7 Å². The number of ketones is 1. The van der Waals surface area contributed by atoms with Gasteiger partial charge in [0, 0.05) is 24.5 Å². The van der Waals surface area contributed by atoms with Crippen LogP contribution in [0.5, 0.6) is 5.75 Å². The molecule has 0 saturated carbocycles. The first-order chi connectivity index (χ1) is 16.7. The summed E-state index contributed by atoms with van der Waals surface area (Å²) in [6.45, 7) is 8.10. The van der Waals surface area contributed by atoms with Crippen LogP contribution < -0.4 is 4.74 Å². The molecule has 2 aromatic carbocycles. The fraction of sp³-hybridized carbons (Fsp3) is 0.276. The zero-order valence-corrected chi connectivity index (χ0v) is 20.7. The molecule has 0 spiro atoms. The molecule has 6 heteroatoms. The minimum Gasteiger partial charge on any atom is -0.507 e. The lowest BCUT2D eigenvalue weighted by atomic mass is 9.89. The second-order valence-electron chi connectivity index (χ2n) is 9.20. The van der Waals surface area contributed by atoms with Crippen LogP contribution >= 0.6 is 0 Å². The molecule has 1 N–H and O–H groups in total. The van der Waals surface area contributed by atoms with E-state index in [1.54, 1.807) is 19.5 Å². The molecule has 6 nitrogen and oxygen atoms in total. The molecule has 0 radical (unpaired) electrons. The number of hydrogen-bond donors (Lipinski definition) is 1. The average Bonchev–Trinajstić information content (AvgIpc) is 3.09. The summed E-state index contributed by atoms with van der Waals surface area (Å²) >= 11 is 0. The summed E-state index contributed by atoms with van der Waals surface area (Å²) in [5.41, 5.74) is 4.88. The van der Waals surface area contributed by atoms with Crippen molar-refractivity contribution in [2.24, 2.45) is 0 Å². The quantitative estimate of drug-likeness (QED) is 0.294. The fourth-order valence-electron chi connectivity index (χ4n) is 4.67. The highest BCUT2D eigenvalue weighted by Gasteiger charge is 2.46. The maximum atomic E-state index is 13.4. The standard InChI is InChI=1S/C29H30N2O4/c1-17(2)22-15-23(19(4)14-24(22)35-5)27(32)25-26(21-9-7-6-8-18(21)3)31(29(34)28(25)33)16-20-10-12-30-13-11-20/h6-15,17,26,32H,16H2,1-5H3/b27-25+. The molecule has 1 aliphatic rings. The topological polar surface area (TPSA) is 79.7 Å². The molecule has 1 atom stereocenters. The highest BCUT2D eigenvalue weighted by atomic mass is 16.5. The van der Waals surface area contributed by atoms with Crippen LogP contribution in [0.4, 0.5) is 0 Å². The Bertz CT molecular complexity index is 1310. The van der Waals surface area contributed by atoms with Gasteiger partial charge in [0.2, 0.25) is 0 Å². The molecule has 1 aliphatic heterocycles. The minimum absolute atomic E-state index is 0.0985. The van der Waals surface area contributed by atoms with Gasteiger partial charge in [-0.05, 0) is 71.8 Å². The van der Waals surface area contributed by atoms with Crippen molar-refractivity contribution >= 4 is 17.4 Å². The summed E-state index contributed by atoms with van der Waals surface area (Å²) < 4.78 is 5.54. The number of nitrogens with zero attached hydrogens (tertiary/aromatic N) is 2. The van der Waals surface area contributed by atoms with E-state index in [1.165, 1.54) is 4.90 Å². The number of aryl methyl sites for hydroxylation is 2. The average molecular weight is 471 g/mol. The number of methoxy groups -OCH3 is 1. The van der Waals surface area contributed by atoms with Gasteiger partial charge >= 0.3 is 0 Å². The van der Waals surface area contributed by atoms with Crippen molar-refractivity contribution in [3.8, 4) is 5.75 Å². The number of aliphatic hydroxyl groups is 1. The Kier molecular flexibility index (Phi) is 6.74. The summed E-state index contributed by atoms with van der Waals surface area (Å²) in [6, 6.07) is 14.3. The monoisotopic (exact) mass is 470 g/mol. The normalized spacial score (nSPS) is 17.3. The second kappa shape index (κ2) is 9.74. The zero-order chi connectivity index (χ0) is 25.3. The number of carbonyl (C=O) groups is 2. The molecule has 180 valence electrons. The summed E-state index contributed by atoms with van der Waals surface area (Å²) in [5, 5.41) is 11.6. The fourth-order valence-corrected chi connectivity index (χ4v) is 4.67. The number of aromatic nitrogens is 1. The van der Waals surface area contributed by atoms with E-state index in [9.17, 15) is 14.7 Å². The third-order valence-electron chi connectivity index (χ3n) is 6.58. The van der Waals surface area contributed by atoms with Gasteiger partial charge in [-0.1, -0.05) is 38.1 Å². The predicted molar refractivity (Wildman–Crippen MR) is 135 cm³/mol. The van der Waals surface area contributed by atoms with Gasteiger partial charge in [0.05, 0.1) is 18.7 Å². The Labute approximate surface area is 205 Å². The number of carbonyl (C=O) groups excluding carboxylic acids is 2. The van der Waals surface area contributed by atoms with Crippen LogP contribution in [0, 0.1) is 13.8 Å². The van der Waals surface area contributed by atoms with E-state index >= 15 is 0 Å². The highest BCUT2D eigenvalue weighted by Crippen LogP contribution is 2.42. The van der Waals surface area contributed by atoms with Crippen molar-refractivity contribution in [1.29, 1.82) is 0 Å². The van der Waals surface area contributed by atoms with Crippen LogP contribution in [0.1, 0.15) is 59.2 Å². The first kappa shape index (κ1) is 24.2. The van der Waals surface area contributed by atoms with Crippen LogP contribution in [-0.2, 0) is 16.1 Å². The third kappa shape index (κ3) is 4.44. The van der Waals surface area contributed by atoms with E-state index in [2.05, 4.69) is 4.98 Å². The van der Waals surface area contributed by atoms with Crippen LogP contribution in [0.25, 0.3) is 5.76 Å². The highest BCUT2D eigenvalue weighted by molar-refractivity contribution is 6.46. The Morgan fingerprint density at radius 1 is 1.06 bits per heavy atom. The van der Waals surface area contributed by atoms with Crippen molar-refractivity contribution in [3.05, 3.63) is 99.9 Å². The number of hydrogen-bond acceptors (Lipinski definition) is 5. The molecule has 35 heavy (non-hydrogen) atoms. The van der Waals surface area contributed by atoms with Gasteiger partial charge in [-0.2, -0.15) is 0 Å². The van der Waals surface area contributed by atoms with E-state index in [0.717, 1.165) is 33.6 Å². The SMILES string of the molecule is COc1cc(C)c(/C(O)=C2\C(=O)C(=O)N(Cc3ccncc3)C2c2ccccc2C)cc1C(C)C. The lowest BCUT2D eigenvalue weighted by Crippen LogP contribution is -2.29. The molecule has 0 bridgehead atoms. The van der Waals surface area contributed by atoms with Crippen molar-refractivity contribution in [2.45, 2.75) is 46.2 Å². The first-order valence-corrected chi connectivity index (χ1v) is 11.7. The molecule has 2 heterocycles. The Morgan fingerprint density at radius 3 is 2.37 bits per heavy atom. The largest absolute Gasteiger partial charge is 0.507 e. The first-order valence-electron chi connectivity index (χ1n) is 11.7. The lowest BCUT2D eigenvalue weighted by molar-refractivity contribution is -0.140. The Morgan fingerprint density at radius 2 is 1.74 bits per heavy atom. The van der Waals surface area contributed by atoms with Crippen LogP contribution in [0.2, 0.25) is 0 Å². The van der Waals surface area contributed by atoms with Gasteiger partial charge in [-0.3, -0.25) is 14.6 Å². The van der Waals surface area contributed by atoms with E-state index < -0.39 is 17.7 Å². The zero-order valence-electron chi connectivity index (χ0n) is 20.7. The van der Waals surface area contributed by atoms with Gasteiger partial charge in [0.15, 0.2) is 0 Å². The minimum atomic E-state index is -0.714. The van der Waals surface area contributed by atoms with Crippen molar-refractivity contribution in [1.82, 2.24) is 9.88 Å². The molecule has 1 fully saturated rings. The number of pyridine rings is 1. The molecule has 1 amide bonds. The molecule has 3 aromatic rings. The third-order valence-corrected chi connectivity index (χ3v) is 6.58. The molecular weight excluding hydrogens is 440 g/mol. The van der Waals surface area contributed by atoms with Crippen molar-refractivity contribution < 1.29 is 19.4 Å². The molecule has 1 unspecified atom stereocenters. The summed E-state index contributed by atoms with van der Waals surface area (Å²) in [7, 11) is 1.61. The predicted octanol–water partition coefficient (Wildman–Crippen LogP) is 5.45. The molecule has 1 saturated heterocycles. The molecule has 1 aromatic heterocycles. The Balaban J connectivity index is 1.94. The Hall–Kier alpha value is -3.93. The number of aliphatic hydroxyl groups excluding tert-OH is 1. The van der Waals surface area contributed by atoms with E-state index in [0.29, 0.717) is 5.56 Å². The molecule has 0 aliphatic carbocycles. The van der Waals surface area contributed by atoms with Crippen LogP contribution in [0.15, 0.2) is 66.5 Å².